The van der Waals surface area contributed by atoms with Gasteiger partial charge in [-0.15, -0.1) is 16.4 Å². The molecule has 0 bridgehead atoms. The summed E-state index contributed by atoms with van der Waals surface area (Å²) in [6.07, 6.45) is 0.314. The fraction of sp³-hybridized carbons (Fsp3) is 0.190. The van der Waals surface area contributed by atoms with Gasteiger partial charge in [-0.25, -0.2) is 14.1 Å². The number of thiazole rings is 1. The molecule has 1 atom stereocenters. The van der Waals surface area contributed by atoms with Crippen LogP contribution in [0.4, 0.5) is 9.52 Å². The lowest BCUT2D eigenvalue weighted by Gasteiger charge is -2.16. The lowest BCUT2D eigenvalue weighted by molar-refractivity contribution is -0.119. The quantitative estimate of drug-likeness (QED) is 0.508. The largest absolute Gasteiger partial charge is 0.300 e. The Morgan fingerprint density at radius 3 is 2.63 bits per heavy atom. The van der Waals surface area contributed by atoms with Gasteiger partial charge in [0.05, 0.1) is 5.69 Å². The second-order valence-electron chi connectivity index (χ2n) is 6.86. The topological polar surface area (TPSA) is 85.6 Å². The van der Waals surface area contributed by atoms with Crippen molar-refractivity contribution in [1.82, 2.24) is 25.2 Å². The molecule has 1 amide bonds. The number of hydrogen-bond acceptors (Lipinski definition) is 6. The van der Waals surface area contributed by atoms with Crippen LogP contribution >= 0.6 is 11.3 Å². The molecule has 9 heteroatoms. The summed E-state index contributed by atoms with van der Waals surface area (Å²) >= 11 is 1.35. The Kier molecular flexibility index (Phi) is 5.62. The predicted molar refractivity (Wildman–Crippen MR) is 113 cm³/mol. The minimum Gasteiger partial charge on any atom is -0.300 e. The zero-order valence-corrected chi connectivity index (χ0v) is 17.2. The number of amides is 1. The number of carbonyl (C=O) groups excluding carboxylic acids is 1. The van der Waals surface area contributed by atoms with E-state index in [1.165, 1.54) is 28.2 Å². The zero-order valence-electron chi connectivity index (χ0n) is 16.4. The predicted octanol–water partition coefficient (Wildman–Crippen LogP) is 3.98. The number of rotatable bonds is 6. The summed E-state index contributed by atoms with van der Waals surface area (Å²) < 4.78 is 14.7. The van der Waals surface area contributed by atoms with Gasteiger partial charge in [0.1, 0.15) is 17.7 Å². The van der Waals surface area contributed by atoms with Crippen molar-refractivity contribution < 1.29 is 9.18 Å². The van der Waals surface area contributed by atoms with Gasteiger partial charge in [0.15, 0.2) is 5.13 Å². The van der Waals surface area contributed by atoms with Crippen LogP contribution in [-0.2, 0) is 11.2 Å². The molecule has 2 heterocycles. The molecular formula is C21H19FN6OS. The smallest absolute Gasteiger partial charge is 0.251 e. The maximum absolute atomic E-state index is 13.3. The number of halogens is 1. The molecule has 1 unspecified atom stereocenters. The SMILES string of the molecule is Cc1ccccc1-c1csc(NC(=O)C(Cc2ccc(F)cc2)n2nnnc2C)n1. The highest BCUT2D eigenvalue weighted by Crippen LogP contribution is 2.28. The van der Waals surface area contributed by atoms with E-state index in [-0.39, 0.29) is 11.7 Å². The minimum atomic E-state index is -0.698. The van der Waals surface area contributed by atoms with E-state index in [0.717, 1.165) is 22.4 Å². The van der Waals surface area contributed by atoms with E-state index in [4.69, 9.17) is 0 Å². The average molecular weight is 422 g/mol. The highest BCUT2D eigenvalue weighted by molar-refractivity contribution is 7.14. The molecule has 0 aliphatic rings. The first-order valence-electron chi connectivity index (χ1n) is 9.32. The normalized spacial score (nSPS) is 12.0. The molecule has 0 radical (unpaired) electrons. The Hall–Kier alpha value is -3.46. The molecule has 0 aliphatic carbocycles. The monoisotopic (exact) mass is 422 g/mol. The van der Waals surface area contributed by atoms with E-state index in [0.29, 0.717) is 17.4 Å². The third-order valence-corrected chi connectivity index (χ3v) is 5.51. The van der Waals surface area contributed by atoms with Gasteiger partial charge in [0, 0.05) is 17.4 Å². The summed E-state index contributed by atoms with van der Waals surface area (Å²) in [6.45, 7) is 3.75. The molecule has 2 aromatic heterocycles. The Bertz CT molecular complexity index is 1170. The van der Waals surface area contributed by atoms with Crippen LogP contribution in [0.3, 0.4) is 0 Å². The van der Waals surface area contributed by atoms with Gasteiger partial charge in [0.25, 0.3) is 5.91 Å². The van der Waals surface area contributed by atoms with Crippen molar-refractivity contribution in [1.29, 1.82) is 0 Å². The molecule has 0 spiro atoms. The molecule has 4 aromatic rings. The molecule has 7 nitrogen and oxygen atoms in total. The van der Waals surface area contributed by atoms with Crippen LogP contribution in [-0.4, -0.2) is 31.1 Å². The summed E-state index contributed by atoms with van der Waals surface area (Å²) in [4.78, 5) is 17.7. The highest BCUT2D eigenvalue weighted by Gasteiger charge is 2.25. The molecule has 152 valence electrons. The maximum atomic E-state index is 13.3. The summed E-state index contributed by atoms with van der Waals surface area (Å²) in [7, 11) is 0. The van der Waals surface area contributed by atoms with Gasteiger partial charge in [-0.05, 0) is 47.5 Å². The van der Waals surface area contributed by atoms with Crippen LogP contribution in [0.1, 0.15) is 23.0 Å². The molecule has 0 aliphatic heterocycles. The number of hydrogen-bond donors (Lipinski definition) is 1. The number of aromatic nitrogens is 5. The maximum Gasteiger partial charge on any atom is 0.251 e. The first-order chi connectivity index (χ1) is 14.5. The fourth-order valence-corrected chi connectivity index (χ4v) is 3.88. The van der Waals surface area contributed by atoms with Gasteiger partial charge in [-0.2, -0.15) is 0 Å². The Morgan fingerprint density at radius 1 is 1.17 bits per heavy atom. The summed E-state index contributed by atoms with van der Waals surface area (Å²) in [5.74, 6) is -0.109. The molecule has 2 aromatic carbocycles. The van der Waals surface area contributed by atoms with Gasteiger partial charge in [0.2, 0.25) is 0 Å². The van der Waals surface area contributed by atoms with Crippen LogP contribution in [0.2, 0.25) is 0 Å². The van der Waals surface area contributed by atoms with E-state index in [2.05, 4.69) is 25.8 Å². The first-order valence-corrected chi connectivity index (χ1v) is 10.2. The number of benzene rings is 2. The fourth-order valence-electron chi connectivity index (χ4n) is 3.16. The molecular weight excluding hydrogens is 403 g/mol. The van der Waals surface area contributed by atoms with E-state index in [1.54, 1.807) is 19.1 Å². The lowest BCUT2D eigenvalue weighted by atomic mass is 10.1. The van der Waals surface area contributed by atoms with Gasteiger partial charge in [-0.3, -0.25) is 4.79 Å². The molecule has 0 saturated heterocycles. The van der Waals surface area contributed by atoms with Crippen molar-refractivity contribution in [2.45, 2.75) is 26.3 Å². The number of nitrogens with zero attached hydrogens (tertiary/aromatic N) is 5. The van der Waals surface area contributed by atoms with Crippen LogP contribution in [0, 0.1) is 19.7 Å². The molecule has 0 saturated carbocycles. The highest BCUT2D eigenvalue weighted by atomic mass is 32.1. The average Bonchev–Trinajstić information content (AvgIpc) is 3.37. The van der Waals surface area contributed by atoms with Crippen molar-refractivity contribution in [2.75, 3.05) is 5.32 Å². The van der Waals surface area contributed by atoms with Crippen LogP contribution in [0.25, 0.3) is 11.3 Å². The summed E-state index contributed by atoms with van der Waals surface area (Å²) in [5.41, 5.74) is 3.74. The van der Waals surface area contributed by atoms with E-state index >= 15 is 0 Å². The van der Waals surface area contributed by atoms with Gasteiger partial charge in [-0.1, -0.05) is 36.4 Å². The number of aryl methyl sites for hydroxylation is 2. The van der Waals surface area contributed by atoms with Crippen LogP contribution in [0.5, 0.6) is 0 Å². The van der Waals surface area contributed by atoms with Crippen LogP contribution < -0.4 is 5.32 Å². The van der Waals surface area contributed by atoms with Crippen molar-refractivity contribution in [3.05, 3.63) is 76.7 Å². The lowest BCUT2D eigenvalue weighted by Crippen LogP contribution is -2.29. The standard InChI is InChI=1S/C21H19FN6OS/c1-13-5-3-4-6-17(13)18-12-30-21(23-18)24-20(29)19(28-14(2)25-26-27-28)11-15-7-9-16(22)10-8-15/h3-10,12,19H,11H2,1-2H3,(H,23,24,29). The van der Waals surface area contributed by atoms with Crippen molar-refractivity contribution in [3.8, 4) is 11.3 Å². The molecule has 1 N–H and O–H groups in total. The Labute approximate surface area is 176 Å². The van der Waals surface area contributed by atoms with E-state index in [9.17, 15) is 9.18 Å². The zero-order chi connectivity index (χ0) is 21.1. The van der Waals surface area contributed by atoms with Crippen molar-refractivity contribution in [3.63, 3.8) is 0 Å². The van der Waals surface area contributed by atoms with Crippen molar-refractivity contribution in [2.24, 2.45) is 0 Å². The summed E-state index contributed by atoms with van der Waals surface area (Å²) in [6, 6.07) is 13.3. The number of nitrogens with one attached hydrogen (secondary N) is 1. The second-order valence-corrected chi connectivity index (χ2v) is 7.72. The van der Waals surface area contributed by atoms with Crippen molar-refractivity contribution >= 4 is 22.4 Å². The number of carbonyl (C=O) groups is 1. The van der Waals surface area contributed by atoms with Gasteiger partial charge >= 0.3 is 0 Å². The number of tetrazole rings is 1. The third kappa shape index (κ3) is 4.25. The Morgan fingerprint density at radius 2 is 1.93 bits per heavy atom. The summed E-state index contributed by atoms with van der Waals surface area (Å²) in [5, 5.41) is 16.8. The third-order valence-electron chi connectivity index (χ3n) is 4.75. The number of anilines is 1. The molecule has 0 fully saturated rings. The van der Waals surface area contributed by atoms with E-state index in [1.807, 2.05) is 36.6 Å². The molecule has 30 heavy (non-hydrogen) atoms. The second kappa shape index (κ2) is 8.50. The minimum absolute atomic E-state index is 0.291. The Balaban J connectivity index is 1.57. The molecule has 4 rings (SSSR count). The van der Waals surface area contributed by atoms with E-state index < -0.39 is 6.04 Å². The van der Waals surface area contributed by atoms with Crippen LogP contribution in [0.15, 0.2) is 53.9 Å². The van der Waals surface area contributed by atoms with Gasteiger partial charge < -0.3 is 5.32 Å². The first kappa shape index (κ1) is 19.8.